The molecule has 1 fully saturated rings. The van der Waals surface area contributed by atoms with Crippen molar-refractivity contribution in [3.05, 3.63) is 22.4 Å². The molecule has 1 aromatic heterocycles. The van der Waals surface area contributed by atoms with Gasteiger partial charge in [0.15, 0.2) is 0 Å². The molecule has 0 spiro atoms. The molecule has 1 aliphatic heterocycles. The molecule has 1 aliphatic rings. The molecule has 0 atom stereocenters. The number of rotatable bonds is 6. The van der Waals surface area contributed by atoms with Crippen LogP contribution in [-0.4, -0.2) is 49.9 Å². The highest BCUT2D eigenvalue weighted by Gasteiger charge is 2.22. The summed E-state index contributed by atoms with van der Waals surface area (Å²) in [6.45, 7) is 3.11. The molecular formula is C15H24ClN3O2S. The summed E-state index contributed by atoms with van der Waals surface area (Å²) in [7, 11) is 1.97. The monoisotopic (exact) mass is 345 g/mol. The molecule has 22 heavy (non-hydrogen) atoms. The molecule has 2 N–H and O–H groups in total. The Bertz CT molecular complexity index is 459. The largest absolute Gasteiger partial charge is 0.351 e. The lowest BCUT2D eigenvalue weighted by Gasteiger charge is -2.32. The summed E-state index contributed by atoms with van der Waals surface area (Å²) >= 11 is 1.49. The van der Waals surface area contributed by atoms with E-state index in [0.717, 1.165) is 32.5 Å². The first kappa shape index (κ1) is 18.9. The molecule has 0 bridgehead atoms. The van der Waals surface area contributed by atoms with Crippen LogP contribution in [0.4, 0.5) is 0 Å². The van der Waals surface area contributed by atoms with E-state index in [0.29, 0.717) is 24.4 Å². The zero-order valence-electron chi connectivity index (χ0n) is 12.8. The fraction of sp³-hybridized carbons (Fsp3) is 0.600. The van der Waals surface area contributed by atoms with Crippen molar-refractivity contribution in [1.29, 1.82) is 0 Å². The number of amides is 2. The van der Waals surface area contributed by atoms with Crippen molar-refractivity contribution < 1.29 is 9.59 Å². The average Bonchev–Trinajstić information content (AvgIpc) is 3.02. The second-order valence-electron chi connectivity index (χ2n) is 5.40. The number of hydrogen-bond donors (Lipinski definition) is 2. The van der Waals surface area contributed by atoms with E-state index in [1.54, 1.807) is 6.07 Å². The van der Waals surface area contributed by atoms with Crippen LogP contribution in [0, 0.1) is 5.92 Å². The molecule has 5 nitrogen and oxygen atoms in total. The number of thiophene rings is 1. The van der Waals surface area contributed by atoms with Crippen LogP contribution in [0.25, 0.3) is 0 Å². The van der Waals surface area contributed by atoms with Crippen LogP contribution in [0.3, 0.4) is 0 Å². The maximum Gasteiger partial charge on any atom is 0.252 e. The van der Waals surface area contributed by atoms with Crippen molar-refractivity contribution >= 4 is 35.6 Å². The van der Waals surface area contributed by atoms with E-state index < -0.39 is 0 Å². The van der Waals surface area contributed by atoms with Gasteiger partial charge in [0.25, 0.3) is 5.91 Å². The third kappa shape index (κ3) is 5.59. The molecule has 2 heterocycles. The van der Waals surface area contributed by atoms with Crippen LogP contribution in [-0.2, 0) is 4.79 Å². The van der Waals surface area contributed by atoms with Crippen molar-refractivity contribution in [2.45, 2.75) is 19.3 Å². The quantitative estimate of drug-likeness (QED) is 0.825. The Labute approximate surface area is 141 Å². The number of carbonyl (C=O) groups excluding carboxylic acids is 2. The van der Waals surface area contributed by atoms with Gasteiger partial charge in [-0.3, -0.25) is 9.59 Å². The lowest BCUT2D eigenvalue weighted by Crippen LogP contribution is -2.41. The number of likely N-dealkylation sites (tertiary alicyclic amines) is 1. The molecule has 1 saturated heterocycles. The van der Waals surface area contributed by atoms with Gasteiger partial charge in [-0.05, 0) is 43.8 Å². The van der Waals surface area contributed by atoms with Gasteiger partial charge in [0, 0.05) is 37.0 Å². The lowest BCUT2D eigenvalue weighted by atomic mass is 9.96. The molecule has 0 saturated carbocycles. The fourth-order valence-corrected chi connectivity index (χ4v) is 3.25. The first-order valence-electron chi connectivity index (χ1n) is 7.43. The highest BCUT2D eigenvalue weighted by Crippen LogP contribution is 2.16. The summed E-state index contributed by atoms with van der Waals surface area (Å²) in [5, 5.41) is 9.67. The summed E-state index contributed by atoms with van der Waals surface area (Å²) in [5.74, 6) is 0.720. The minimum atomic E-state index is -0.100. The van der Waals surface area contributed by atoms with Gasteiger partial charge in [-0.25, -0.2) is 0 Å². The molecular weight excluding hydrogens is 322 g/mol. The molecule has 0 radical (unpaired) electrons. The Morgan fingerprint density at radius 1 is 1.36 bits per heavy atom. The summed E-state index contributed by atoms with van der Waals surface area (Å²) in [6, 6.07) is 1.79. The summed E-state index contributed by atoms with van der Waals surface area (Å²) in [6.07, 6.45) is 2.51. The molecule has 2 rings (SSSR count). The summed E-state index contributed by atoms with van der Waals surface area (Å²) in [4.78, 5) is 25.8. The molecule has 7 heteroatoms. The van der Waals surface area contributed by atoms with Gasteiger partial charge in [0.2, 0.25) is 5.91 Å². The van der Waals surface area contributed by atoms with Gasteiger partial charge < -0.3 is 15.5 Å². The van der Waals surface area contributed by atoms with Gasteiger partial charge in [-0.15, -0.1) is 12.4 Å². The minimum absolute atomic E-state index is 0. The smallest absolute Gasteiger partial charge is 0.252 e. The third-order valence-electron chi connectivity index (χ3n) is 3.87. The zero-order chi connectivity index (χ0) is 15.1. The molecule has 1 aromatic rings. The number of halogens is 1. The van der Waals surface area contributed by atoms with Crippen LogP contribution >= 0.6 is 23.7 Å². The van der Waals surface area contributed by atoms with E-state index in [9.17, 15) is 9.59 Å². The standard InChI is InChI=1S/C15H23N3O2S.ClH/c1-16-10-12-3-7-18(8-4-12)14(19)2-6-17-15(20)13-5-9-21-11-13;/h5,9,11-12,16H,2-4,6-8,10H2,1H3,(H,17,20);1H. The molecule has 0 unspecified atom stereocenters. The lowest BCUT2D eigenvalue weighted by molar-refractivity contribution is -0.132. The SMILES string of the molecule is CNCC1CCN(C(=O)CCNC(=O)c2ccsc2)CC1.Cl. The van der Waals surface area contributed by atoms with E-state index in [-0.39, 0.29) is 24.2 Å². The van der Waals surface area contributed by atoms with Gasteiger partial charge in [-0.1, -0.05) is 0 Å². The van der Waals surface area contributed by atoms with Crippen molar-refractivity contribution in [1.82, 2.24) is 15.5 Å². The Balaban J connectivity index is 0.00000242. The normalized spacial score (nSPS) is 15.2. The molecule has 0 aliphatic carbocycles. The van der Waals surface area contributed by atoms with Crippen LogP contribution in [0.5, 0.6) is 0 Å². The topological polar surface area (TPSA) is 61.4 Å². The van der Waals surface area contributed by atoms with E-state index in [1.165, 1.54) is 11.3 Å². The van der Waals surface area contributed by atoms with Gasteiger partial charge in [-0.2, -0.15) is 11.3 Å². The maximum absolute atomic E-state index is 12.1. The third-order valence-corrected chi connectivity index (χ3v) is 4.55. The second kappa shape index (κ2) is 9.82. The highest BCUT2D eigenvalue weighted by atomic mass is 35.5. The van der Waals surface area contributed by atoms with E-state index in [4.69, 9.17) is 0 Å². The van der Waals surface area contributed by atoms with Crippen LogP contribution < -0.4 is 10.6 Å². The Morgan fingerprint density at radius 3 is 2.68 bits per heavy atom. The number of nitrogens with zero attached hydrogens (tertiary/aromatic N) is 1. The number of carbonyl (C=O) groups is 2. The highest BCUT2D eigenvalue weighted by molar-refractivity contribution is 7.08. The maximum atomic E-state index is 12.1. The van der Waals surface area contributed by atoms with Crippen molar-refractivity contribution in [3.8, 4) is 0 Å². The minimum Gasteiger partial charge on any atom is -0.351 e. The predicted octanol–water partition coefficient (Wildman–Crippen LogP) is 1.75. The predicted molar refractivity (Wildman–Crippen MR) is 91.7 cm³/mol. The number of hydrogen-bond acceptors (Lipinski definition) is 4. The first-order valence-corrected chi connectivity index (χ1v) is 8.37. The number of nitrogens with one attached hydrogen (secondary N) is 2. The van der Waals surface area contributed by atoms with Crippen molar-refractivity contribution in [2.24, 2.45) is 5.92 Å². The van der Waals surface area contributed by atoms with Crippen LogP contribution in [0.15, 0.2) is 16.8 Å². The molecule has 0 aromatic carbocycles. The summed E-state index contributed by atoms with van der Waals surface area (Å²) < 4.78 is 0. The van der Waals surface area contributed by atoms with E-state index in [2.05, 4.69) is 10.6 Å². The average molecular weight is 346 g/mol. The van der Waals surface area contributed by atoms with E-state index >= 15 is 0 Å². The summed E-state index contributed by atoms with van der Waals surface area (Å²) in [5.41, 5.74) is 0.667. The van der Waals surface area contributed by atoms with Crippen LogP contribution in [0.2, 0.25) is 0 Å². The van der Waals surface area contributed by atoms with Crippen molar-refractivity contribution in [3.63, 3.8) is 0 Å². The molecule has 2 amide bonds. The Hall–Kier alpha value is -1.11. The van der Waals surface area contributed by atoms with Crippen molar-refractivity contribution in [2.75, 3.05) is 33.2 Å². The van der Waals surface area contributed by atoms with Gasteiger partial charge in [0.1, 0.15) is 0 Å². The van der Waals surface area contributed by atoms with Gasteiger partial charge in [0.05, 0.1) is 0 Å². The van der Waals surface area contributed by atoms with Gasteiger partial charge >= 0.3 is 0 Å². The first-order chi connectivity index (χ1) is 10.2. The Kier molecular flexibility index (Phi) is 8.45. The number of piperidine rings is 1. The fourth-order valence-electron chi connectivity index (χ4n) is 2.61. The molecule has 124 valence electrons. The zero-order valence-corrected chi connectivity index (χ0v) is 14.5. The second-order valence-corrected chi connectivity index (χ2v) is 6.18. The van der Waals surface area contributed by atoms with Crippen LogP contribution in [0.1, 0.15) is 29.6 Å². The Morgan fingerprint density at radius 2 is 2.09 bits per heavy atom. The van der Waals surface area contributed by atoms with E-state index in [1.807, 2.05) is 22.7 Å².